The average Bonchev–Trinajstić information content (AvgIpc) is 3.26. The number of esters is 1. The van der Waals surface area contributed by atoms with E-state index in [0.29, 0.717) is 5.56 Å². The summed E-state index contributed by atoms with van der Waals surface area (Å²) in [5.41, 5.74) is 1.63. The van der Waals surface area contributed by atoms with Crippen molar-refractivity contribution in [2.45, 2.75) is 32.2 Å². The highest BCUT2D eigenvalue weighted by molar-refractivity contribution is 5.98. The molecule has 0 radical (unpaired) electrons. The van der Waals surface area contributed by atoms with Crippen LogP contribution in [0.2, 0.25) is 0 Å². The molecule has 1 aromatic rings. The Hall–Kier alpha value is -2.24. The lowest BCUT2D eigenvalue weighted by Gasteiger charge is -2.04. The smallest absolute Gasteiger partial charge is 0.316 e. The lowest BCUT2D eigenvalue weighted by Crippen LogP contribution is -2.18. The molecule has 6 nitrogen and oxygen atoms in total. The van der Waals surface area contributed by atoms with E-state index < -0.39 is 22.9 Å². The summed E-state index contributed by atoms with van der Waals surface area (Å²) in [7, 11) is 0. The van der Waals surface area contributed by atoms with E-state index in [1.807, 2.05) is 12.1 Å². The second-order valence-electron chi connectivity index (χ2n) is 5.17. The molecule has 0 N–H and O–H groups in total. The normalized spacial score (nSPS) is 19.9. The number of ketones is 1. The fourth-order valence-corrected chi connectivity index (χ4v) is 2.14. The molecule has 1 saturated carbocycles. The minimum Gasteiger partial charge on any atom is -0.457 e. The quantitative estimate of drug-likeness (QED) is 0.332. The van der Waals surface area contributed by atoms with Crippen LogP contribution in [-0.2, 0) is 16.0 Å². The molecule has 0 amide bonds. The zero-order chi connectivity index (χ0) is 15.4. The zero-order valence-corrected chi connectivity index (χ0v) is 11.8. The first-order valence-electron chi connectivity index (χ1n) is 6.95. The molecule has 0 aliphatic heterocycles. The van der Waals surface area contributed by atoms with E-state index in [2.05, 4.69) is 6.92 Å². The third-order valence-electron chi connectivity index (χ3n) is 3.49. The minimum absolute atomic E-state index is 0.200. The van der Waals surface area contributed by atoms with E-state index >= 15 is 0 Å². The van der Waals surface area contributed by atoms with Crippen LogP contribution in [0.4, 0.5) is 0 Å². The predicted molar refractivity (Wildman–Crippen MR) is 74.6 cm³/mol. The molecule has 0 saturated heterocycles. The number of aryl methyl sites for hydroxylation is 1. The summed E-state index contributed by atoms with van der Waals surface area (Å²) in [5.74, 6) is -1.66. The zero-order valence-electron chi connectivity index (χ0n) is 11.8. The average molecular weight is 291 g/mol. The van der Waals surface area contributed by atoms with Crippen LogP contribution < -0.4 is 0 Å². The summed E-state index contributed by atoms with van der Waals surface area (Å²) in [6.07, 6.45) is 2.18. The van der Waals surface area contributed by atoms with Gasteiger partial charge in [-0.05, 0) is 12.0 Å². The summed E-state index contributed by atoms with van der Waals surface area (Å²) in [4.78, 5) is 33.3. The number of carbonyl (C=O) groups is 2. The fraction of sp³-hybridized carbons (Fsp3) is 0.467. The third-order valence-corrected chi connectivity index (χ3v) is 3.49. The number of hydrogen-bond acceptors (Lipinski definition) is 5. The number of nitrogens with zero attached hydrogens (tertiary/aromatic N) is 1. The lowest BCUT2D eigenvalue weighted by molar-refractivity contribution is -0.497. The molecule has 0 heterocycles. The first kappa shape index (κ1) is 15.2. The predicted octanol–water partition coefficient (Wildman–Crippen LogP) is 2.03. The van der Waals surface area contributed by atoms with Crippen molar-refractivity contribution in [3.8, 4) is 0 Å². The maximum atomic E-state index is 11.9. The van der Waals surface area contributed by atoms with Gasteiger partial charge < -0.3 is 4.74 Å². The monoisotopic (exact) mass is 291 g/mol. The van der Waals surface area contributed by atoms with Gasteiger partial charge in [0, 0.05) is 16.9 Å². The maximum Gasteiger partial charge on any atom is 0.316 e. The summed E-state index contributed by atoms with van der Waals surface area (Å²) in [6, 6.07) is 6.32. The number of Topliss-reactive ketones (excluding diaryl/α,β-unsaturated/α-hetero) is 1. The molecule has 1 aliphatic carbocycles. The molecule has 2 rings (SSSR count). The van der Waals surface area contributed by atoms with Crippen LogP contribution in [0.1, 0.15) is 35.7 Å². The van der Waals surface area contributed by atoms with E-state index in [1.54, 1.807) is 12.1 Å². The molecule has 1 fully saturated rings. The molecule has 0 spiro atoms. The van der Waals surface area contributed by atoms with Crippen molar-refractivity contribution >= 4 is 11.8 Å². The van der Waals surface area contributed by atoms with Crippen molar-refractivity contribution in [1.29, 1.82) is 0 Å². The number of rotatable bonds is 7. The molecule has 0 aromatic heterocycles. The Kier molecular flexibility index (Phi) is 4.67. The molecule has 6 heteroatoms. The van der Waals surface area contributed by atoms with Crippen molar-refractivity contribution in [1.82, 2.24) is 0 Å². The molecule has 2 unspecified atom stereocenters. The number of ether oxygens (including phenoxy) is 1. The third kappa shape index (κ3) is 3.87. The van der Waals surface area contributed by atoms with Crippen LogP contribution in [0.25, 0.3) is 0 Å². The molecule has 0 bridgehead atoms. The minimum atomic E-state index is -0.846. The van der Waals surface area contributed by atoms with Crippen LogP contribution >= 0.6 is 0 Å². The molecule has 21 heavy (non-hydrogen) atoms. The van der Waals surface area contributed by atoms with Gasteiger partial charge in [0.25, 0.3) is 0 Å². The second-order valence-corrected chi connectivity index (χ2v) is 5.17. The van der Waals surface area contributed by atoms with Gasteiger partial charge >= 0.3 is 5.97 Å². The first-order valence-corrected chi connectivity index (χ1v) is 6.95. The number of benzene rings is 1. The van der Waals surface area contributed by atoms with Crippen LogP contribution in [0.15, 0.2) is 24.3 Å². The molecule has 2 atom stereocenters. The van der Waals surface area contributed by atoms with Crippen molar-refractivity contribution < 1.29 is 19.2 Å². The fourth-order valence-electron chi connectivity index (χ4n) is 2.14. The number of hydrogen-bond donors (Lipinski definition) is 0. The Balaban J connectivity index is 1.82. The number of carbonyl (C=O) groups excluding carboxylic acids is 2. The van der Waals surface area contributed by atoms with E-state index in [9.17, 15) is 19.7 Å². The standard InChI is InChI=1S/C15H17NO5/c1-2-3-10-4-6-11(7-5-10)14(17)9-21-15(18)12-8-13(12)16(19)20/h4-7,12-13H,2-3,8-9H2,1H3. The first-order chi connectivity index (χ1) is 10.0. The van der Waals surface area contributed by atoms with Gasteiger partial charge in [-0.3, -0.25) is 19.7 Å². The highest BCUT2D eigenvalue weighted by Crippen LogP contribution is 2.34. The summed E-state index contributed by atoms with van der Waals surface area (Å²) in [6.45, 7) is 1.71. The summed E-state index contributed by atoms with van der Waals surface area (Å²) in [5, 5.41) is 10.5. The van der Waals surface area contributed by atoms with Crippen molar-refractivity contribution in [2.75, 3.05) is 6.61 Å². The van der Waals surface area contributed by atoms with Crippen LogP contribution in [-0.4, -0.2) is 29.3 Å². The van der Waals surface area contributed by atoms with E-state index in [-0.39, 0.29) is 18.8 Å². The SMILES string of the molecule is CCCc1ccc(C(=O)COC(=O)C2CC2[N+](=O)[O-])cc1. The highest BCUT2D eigenvalue weighted by Gasteiger charge is 2.54. The van der Waals surface area contributed by atoms with Crippen LogP contribution in [0.5, 0.6) is 0 Å². The Morgan fingerprint density at radius 1 is 1.33 bits per heavy atom. The van der Waals surface area contributed by atoms with Gasteiger partial charge in [-0.1, -0.05) is 37.6 Å². The number of nitro groups is 1. The lowest BCUT2D eigenvalue weighted by atomic mass is 10.1. The molecular weight excluding hydrogens is 274 g/mol. The maximum absolute atomic E-state index is 11.9. The highest BCUT2D eigenvalue weighted by atomic mass is 16.6. The van der Waals surface area contributed by atoms with Gasteiger partial charge in [0.15, 0.2) is 12.4 Å². The van der Waals surface area contributed by atoms with E-state index in [4.69, 9.17) is 4.74 Å². The van der Waals surface area contributed by atoms with Gasteiger partial charge in [-0.15, -0.1) is 0 Å². The van der Waals surface area contributed by atoms with Crippen LogP contribution in [0, 0.1) is 16.0 Å². The van der Waals surface area contributed by atoms with Crippen molar-refractivity contribution in [3.63, 3.8) is 0 Å². The Labute approximate surface area is 122 Å². The van der Waals surface area contributed by atoms with Gasteiger partial charge in [0.2, 0.25) is 6.04 Å². The molecule has 1 aromatic carbocycles. The Bertz CT molecular complexity index is 552. The van der Waals surface area contributed by atoms with E-state index in [1.165, 1.54) is 0 Å². The second kappa shape index (κ2) is 6.47. The molecular formula is C15H17NO5. The Morgan fingerprint density at radius 3 is 2.52 bits per heavy atom. The topological polar surface area (TPSA) is 86.5 Å². The van der Waals surface area contributed by atoms with Crippen molar-refractivity contribution in [3.05, 3.63) is 45.5 Å². The van der Waals surface area contributed by atoms with E-state index in [0.717, 1.165) is 18.4 Å². The van der Waals surface area contributed by atoms with Gasteiger partial charge in [-0.2, -0.15) is 0 Å². The Morgan fingerprint density at radius 2 is 2.00 bits per heavy atom. The molecule has 1 aliphatic rings. The van der Waals surface area contributed by atoms with Crippen LogP contribution in [0.3, 0.4) is 0 Å². The largest absolute Gasteiger partial charge is 0.457 e. The summed E-state index contributed by atoms with van der Waals surface area (Å²) >= 11 is 0. The molecule has 112 valence electrons. The van der Waals surface area contributed by atoms with Gasteiger partial charge in [-0.25, -0.2) is 0 Å². The van der Waals surface area contributed by atoms with Gasteiger partial charge in [0.05, 0.1) is 0 Å². The van der Waals surface area contributed by atoms with Gasteiger partial charge in [0.1, 0.15) is 5.92 Å². The summed E-state index contributed by atoms with van der Waals surface area (Å²) < 4.78 is 4.85. The van der Waals surface area contributed by atoms with Crippen molar-refractivity contribution in [2.24, 2.45) is 5.92 Å².